The largest absolute Gasteiger partial charge is 0.327 e. The van der Waals surface area contributed by atoms with Crippen molar-refractivity contribution in [3.8, 4) is 0 Å². The van der Waals surface area contributed by atoms with Gasteiger partial charge in [-0.15, -0.1) is 12.4 Å². The number of hydrogen-bond donors (Lipinski definition) is 1. The topological polar surface area (TPSA) is 42.1 Å². The summed E-state index contributed by atoms with van der Waals surface area (Å²) < 4.78 is 1.03. The van der Waals surface area contributed by atoms with E-state index in [1.807, 2.05) is 12.3 Å². The van der Waals surface area contributed by atoms with Crippen molar-refractivity contribution in [2.75, 3.05) is 13.1 Å². The van der Waals surface area contributed by atoms with Crippen molar-refractivity contribution in [3.05, 3.63) is 28.5 Å². The second kappa shape index (κ2) is 6.55. The Balaban J connectivity index is 0.00000128. The molecule has 0 radical (unpaired) electrons. The molecule has 0 aromatic carbocycles. The number of rotatable bonds is 2. The van der Waals surface area contributed by atoms with E-state index in [1.54, 1.807) is 0 Å². The van der Waals surface area contributed by atoms with Crippen LogP contribution in [0.15, 0.2) is 22.8 Å². The van der Waals surface area contributed by atoms with Crippen molar-refractivity contribution >= 4 is 28.3 Å². The predicted octanol–water partition coefficient (Wildman–Crippen LogP) is 2.19. The average Bonchev–Trinajstić information content (AvgIpc) is 2.22. The molecule has 1 saturated heterocycles. The molecule has 16 heavy (non-hydrogen) atoms. The lowest BCUT2D eigenvalue weighted by Gasteiger charge is -2.30. The van der Waals surface area contributed by atoms with Gasteiger partial charge in [-0.3, -0.25) is 9.88 Å². The Hall–Kier alpha value is -0.160. The molecule has 0 bridgehead atoms. The Kier molecular flexibility index (Phi) is 5.69. The van der Waals surface area contributed by atoms with Gasteiger partial charge in [0.2, 0.25) is 0 Å². The minimum absolute atomic E-state index is 0. The van der Waals surface area contributed by atoms with E-state index in [0.29, 0.717) is 6.04 Å². The molecule has 3 nitrogen and oxygen atoms in total. The van der Waals surface area contributed by atoms with Crippen LogP contribution in [0.5, 0.6) is 0 Å². The third kappa shape index (κ3) is 4.01. The molecule has 1 aromatic rings. The fourth-order valence-electron chi connectivity index (χ4n) is 1.96. The highest BCUT2D eigenvalue weighted by atomic mass is 79.9. The number of piperidine rings is 1. The fraction of sp³-hybridized carbons (Fsp3) is 0.545. The van der Waals surface area contributed by atoms with Crippen LogP contribution in [0.4, 0.5) is 0 Å². The quantitative estimate of drug-likeness (QED) is 0.911. The van der Waals surface area contributed by atoms with Gasteiger partial charge in [0.1, 0.15) is 0 Å². The minimum Gasteiger partial charge on any atom is -0.327 e. The highest BCUT2D eigenvalue weighted by Gasteiger charge is 2.16. The van der Waals surface area contributed by atoms with E-state index >= 15 is 0 Å². The van der Waals surface area contributed by atoms with E-state index < -0.39 is 0 Å². The molecule has 1 aromatic heterocycles. The van der Waals surface area contributed by atoms with Gasteiger partial charge in [-0.2, -0.15) is 0 Å². The number of pyridine rings is 1. The van der Waals surface area contributed by atoms with E-state index in [9.17, 15) is 0 Å². The van der Waals surface area contributed by atoms with Gasteiger partial charge in [0, 0.05) is 29.8 Å². The normalized spacial score (nSPS) is 21.5. The van der Waals surface area contributed by atoms with E-state index in [0.717, 1.165) is 36.2 Å². The monoisotopic (exact) mass is 305 g/mol. The Morgan fingerprint density at radius 3 is 2.94 bits per heavy atom. The lowest BCUT2D eigenvalue weighted by molar-refractivity contribution is 0.199. The van der Waals surface area contributed by atoms with Gasteiger partial charge >= 0.3 is 0 Å². The van der Waals surface area contributed by atoms with E-state index in [1.165, 1.54) is 6.42 Å². The van der Waals surface area contributed by atoms with Gasteiger partial charge < -0.3 is 5.73 Å². The Labute approximate surface area is 111 Å². The van der Waals surface area contributed by atoms with Crippen LogP contribution in [0.1, 0.15) is 18.5 Å². The Morgan fingerprint density at radius 1 is 1.50 bits per heavy atom. The van der Waals surface area contributed by atoms with Crippen LogP contribution in [0.3, 0.4) is 0 Å². The summed E-state index contributed by atoms with van der Waals surface area (Å²) in [5.74, 6) is 0. The Bertz CT molecular complexity index is 318. The SMILES string of the molecule is Cl.NC1CCCN(Cc2ccc(Br)cn2)C1. The summed E-state index contributed by atoms with van der Waals surface area (Å²) in [5, 5.41) is 0. The molecule has 5 heteroatoms. The second-order valence-electron chi connectivity index (χ2n) is 4.11. The van der Waals surface area contributed by atoms with Gasteiger partial charge in [0.15, 0.2) is 0 Å². The minimum atomic E-state index is 0. The third-order valence-electron chi connectivity index (χ3n) is 2.72. The van der Waals surface area contributed by atoms with Crippen molar-refractivity contribution < 1.29 is 0 Å². The van der Waals surface area contributed by atoms with Gasteiger partial charge in [-0.25, -0.2) is 0 Å². The Morgan fingerprint density at radius 2 is 2.31 bits per heavy atom. The van der Waals surface area contributed by atoms with Crippen LogP contribution < -0.4 is 5.73 Å². The van der Waals surface area contributed by atoms with E-state index in [2.05, 4.69) is 31.9 Å². The molecule has 1 aliphatic rings. The van der Waals surface area contributed by atoms with Gasteiger partial charge in [0.25, 0.3) is 0 Å². The molecule has 2 rings (SSSR count). The standard InChI is InChI=1S/C11H16BrN3.ClH/c12-9-3-4-11(14-6-9)8-15-5-1-2-10(13)7-15;/h3-4,6,10H,1-2,5,7-8,13H2;1H. The number of halogens is 2. The first-order valence-electron chi connectivity index (χ1n) is 5.32. The molecule has 0 spiro atoms. The van der Waals surface area contributed by atoms with Crippen molar-refractivity contribution in [1.82, 2.24) is 9.88 Å². The molecule has 2 heterocycles. The molecular weight excluding hydrogens is 289 g/mol. The molecule has 1 aliphatic heterocycles. The summed E-state index contributed by atoms with van der Waals surface area (Å²) in [7, 11) is 0. The number of aromatic nitrogens is 1. The smallest absolute Gasteiger partial charge is 0.0544 e. The molecule has 90 valence electrons. The maximum Gasteiger partial charge on any atom is 0.0544 e. The van der Waals surface area contributed by atoms with Crippen LogP contribution in [0, 0.1) is 0 Å². The van der Waals surface area contributed by atoms with Gasteiger partial charge in [-0.05, 0) is 47.4 Å². The number of likely N-dealkylation sites (tertiary alicyclic amines) is 1. The summed E-state index contributed by atoms with van der Waals surface area (Å²) >= 11 is 3.38. The van der Waals surface area contributed by atoms with Crippen LogP contribution in [0.2, 0.25) is 0 Å². The molecule has 0 saturated carbocycles. The molecular formula is C11H17BrClN3. The molecule has 2 N–H and O–H groups in total. The first kappa shape index (κ1) is 13.9. The summed E-state index contributed by atoms with van der Waals surface area (Å²) in [5.41, 5.74) is 7.05. The van der Waals surface area contributed by atoms with Crippen molar-refractivity contribution in [2.24, 2.45) is 5.73 Å². The molecule has 0 aliphatic carbocycles. The third-order valence-corrected chi connectivity index (χ3v) is 3.19. The summed E-state index contributed by atoms with van der Waals surface area (Å²) in [4.78, 5) is 6.75. The zero-order valence-corrected chi connectivity index (χ0v) is 11.5. The highest BCUT2D eigenvalue weighted by Crippen LogP contribution is 2.13. The lowest BCUT2D eigenvalue weighted by atomic mass is 10.1. The number of hydrogen-bond acceptors (Lipinski definition) is 3. The molecule has 1 fully saturated rings. The summed E-state index contributed by atoms with van der Waals surface area (Å²) in [6.07, 6.45) is 4.21. The zero-order valence-electron chi connectivity index (χ0n) is 9.10. The molecule has 1 atom stereocenters. The van der Waals surface area contributed by atoms with Crippen LogP contribution in [-0.4, -0.2) is 29.0 Å². The van der Waals surface area contributed by atoms with Gasteiger partial charge in [-0.1, -0.05) is 0 Å². The zero-order chi connectivity index (χ0) is 10.7. The predicted molar refractivity (Wildman–Crippen MR) is 71.7 cm³/mol. The first-order chi connectivity index (χ1) is 7.24. The number of nitrogens with two attached hydrogens (primary N) is 1. The van der Waals surface area contributed by atoms with E-state index in [-0.39, 0.29) is 12.4 Å². The first-order valence-corrected chi connectivity index (χ1v) is 6.12. The maximum absolute atomic E-state index is 5.93. The molecule has 1 unspecified atom stereocenters. The number of nitrogens with zero attached hydrogens (tertiary/aromatic N) is 2. The fourth-order valence-corrected chi connectivity index (χ4v) is 2.20. The highest BCUT2D eigenvalue weighted by molar-refractivity contribution is 9.10. The van der Waals surface area contributed by atoms with Crippen molar-refractivity contribution in [3.63, 3.8) is 0 Å². The summed E-state index contributed by atoms with van der Waals surface area (Å²) in [6, 6.07) is 4.44. The maximum atomic E-state index is 5.93. The van der Waals surface area contributed by atoms with Crippen LogP contribution in [0.25, 0.3) is 0 Å². The van der Waals surface area contributed by atoms with E-state index in [4.69, 9.17) is 5.73 Å². The molecule has 0 amide bonds. The van der Waals surface area contributed by atoms with Crippen molar-refractivity contribution in [1.29, 1.82) is 0 Å². The van der Waals surface area contributed by atoms with Crippen LogP contribution in [-0.2, 0) is 6.54 Å². The van der Waals surface area contributed by atoms with Crippen molar-refractivity contribution in [2.45, 2.75) is 25.4 Å². The second-order valence-corrected chi connectivity index (χ2v) is 5.02. The van der Waals surface area contributed by atoms with Crippen LogP contribution >= 0.6 is 28.3 Å². The summed E-state index contributed by atoms with van der Waals surface area (Å²) in [6.45, 7) is 3.06. The average molecular weight is 307 g/mol. The van der Waals surface area contributed by atoms with Gasteiger partial charge in [0.05, 0.1) is 5.69 Å². The lowest BCUT2D eigenvalue weighted by Crippen LogP contribution is -2.42.